The number of carbonyl (C=O) groups is 1. The molecule has 0 bridgehead atoms. The number of nitrogens with one attached hydrogen (secondary N) is 1. The number of fused-ring (bicyclic) bond motifs is 3. The molecule has 0 amide bonds. The molecule has 0 unspecified atom stereocenters. The summed E-state index contributed by atoms with van der Waals surface area (Å²) in [5, 5.41) is 4.62. The van der Waals surface area contributed by atoms with Gasteiger partial charge in [-0.2, -0.15) is 0 Å². The number of Topliss-reactive ketones (excluding diaryl/α,β-unsaturated/α-hetero) is 1. The predicted octanol–water partition coefficient (Wildman–Crippen LogP) is 4.50. The summed E-state index contributed by atoms with van der Waals surface area (Å²) >= 11 is 0. The van der Waals surface area contributed by atoms with E-state index in [4.69, 9.17) is 0 Å². The van der Waals surface area contributed by atoms with E-state index in [1.807, 2.05) is 31.2 Å². The number of nitrogens with zero attached hydrogens (tertiary/aromatic N) is 2. The summed E-state index contributed by atoms with van der Waals surface area (Å²) in [6.07, 6.45) is 4.23. The van der Waals surface area contributed by atoms with Crippen LogP contribution in [0.15, 0.2) is 59.9 Å². The molecule has 4 nitrogen and oxygen atoms in total. The lowest BCUT2D eigenvalue weighted by atomic mass is 9.76. The van der Waals surface area contributed by atoms with Crippen molar-refractivity contribution in [3.63, 3.8) is 0 Å². The first-order valence-corrected chi connectivity index (χ1v) is 9.07. The van der Waals surface area contributed by atoms with Crippen LogP contribution in [0.5, 0.6) is 0 Å². The summed E-state index contributed by atoms with van der Waals surface area (Å²) in [7, 11) is 0. The van der Waals surface area contributed by atoms with Gasteiger partial charge in [0.25, 0.3) is 0 Å². The lowest BCUT2D eigenvalue weighted by molar-refractivity contribution is -0.116. The molecule has 1 aromatic carbocycles. The second kappa shape index (κ2) is 5.77. The molecular weight excluding hydrogens is 322 g/mol. The molecule has 2 aliphatic rings. The molecule has 0 saturated heterocycles. The highest BCUT2D eigenvalue weighted by molar-refractivity contribution is 6.03. The number of hydrogen-bond donors (Lipinski definition) is 1. The molecule has 26 heavy (non-hydrogen) atoms. The summed E-state index contributed by atoms with van der Waals surface area (Å²) in [5.74, 6) is 0.0978. The number of hydrogen-bond acceptors (Lipinski definition) is 4. The number of carbonyl (C=O) groups excluding carboxylic acids is 1. The molecule has 3 aromatic rings. The van der Waals surface area contributed by atoms with Gasteiger partial charge in [-0.25, -0.2) is 0 Å². The number of aromatic nitrogens is 2. The van der Waals surface area contributed by atoms with Gasteiger partial charge in [0.05, 0.1) is 17.1 Å². The monoisotopic (exact) mass is 341 g/mol. The maximum atomic E-state index is 12.9. The molecule has 1 atom stereocenters. The largest absolute Gasteiger partial charge is 0.358 e. The first-order chi connectivity index (χ1) is 12.7. The maximum Gasteiger partial charge on any atom is 0.161 e. The van der Waals surface area contributed by atoms with Gasteiger partial charge in [-0.3, -0.25) is 14.8 Å². The van der Waals surface area contributed by atoms with Crippen molar-refractivity contribution in [2.75, 3.05) is 5.32 Å². The molecule has 4 heteroatoms. The Balaban J connectivity index is 1.84. The first kappa shape index (κ1) is 15.3. The summed E-state index contributed by atoms with van der Waals surface area (Å²) < 4.78 is 0. The number of allylic oxidation sites excluding steroid dienone is 2. The van der Waals surface area contributed by atoms with Crippen molar-refractivity contribution in [3.05, 3.63) is 76.9 Å². The zero-order valence-corrected chi connectivity index (χ0v) is 14.6. The van der Waals surface area contributed by atoms with E-state index in [1.165, 1.54) is 0 Å². The van der Waals surface area contributed by atoms with Crippen LogP contribution in [0.2, 0.25) is 0 Å². The van der Waals surface area contributed by atoms with Gasteiger partial charge >= 0.3 is 0 Å². The van der Waals surface area contributed by atoms with E-state index in [0.29, 0.717) is 6.42 Å². The molecule has 0 spiro atoms. The minimum atomic E-state index is -0.136. The molecule has 3 heterocycles. The van der Waals surface area contributed by atoms with Crippen LogP contribution >= 0.6 is 0 Å². The van der Waals surface area contributed by atoms with E-state index in [1.54, 1.807) is 6.20 Å². The summed E-state index contributed by atoms with van der Waals surface area (Å²) in [5.41, 5.74) is 6.99. The number of ketones is 1. The Morgan fingerprint density at radius 1 is 1.08 bits per heavy atom. The summed E-state index contributed by atoms with van der Waals surface area (Å²) in [4.78, 5) is 22.2. The van der Waals surface area contributed by atoms with Gasteiger partial charge in [0.15, 0.2) is 5.78 Å². The molecule has 128 valence electrons. The van der Waals surface area contributed by atoms with Gasteiger partial charge in [0.1, 0.15) is 0 Å². The van der Waals surface area contributed by atoms with Crippen LogP contribution < -0.4 is 5.32 Å². The topological polar surface area (TPSA) is 54.9 Å². The average Bonchev–Trinajstić information content (AvgIpc) is 2.67. The van der Waals surface area contributed by atoms with E-state index in [2.05, 4.69) is 33.5 Å². The van der Waals surface area contributed by atoms with Gasteiger partial charge in [0.2, 0.25) is 0 Å². The smallest absolute Gasteiger partial charge is 0.161 e. The van der Waals surface area contributed by atoms with Crippen molar-refractivity contribution in [1.29, 1.82) is 0 Å². The van der Waals surface area contributed by atoms with Crippen LogP contribution in [0, 0.1) is 6.92 Å². The molecule has 0 fully saturated rings. The average molecular weight is 341 g/mol. The highest BCUT2D eigenvalue weighted by Crippen LogP contribution is 2.47. The number of anilines is 1. The number of pyridine rings is 2. The lowest BCUT2D eigenvalue weighted by Gasteiger charge is -2.34. The Labute approximate surface area is 152 Å². The van der Waals surface area contributed by atoms with Crippen LogP contribution in [-0.4, -0.2) is 15.8 Å². The fourth-order valence-electron chi connectivity index (χ4n) is 4.23. The van der Waals surface area contributed by atoms with Crippen molar-refractivity contribution in [1.82, 2.24) is 9.97 Å². The van der Waals surface area contributed by atoms with Gasteiger partial charge in [-0.05, 0) is 55.7 Å². The highest BCUT2D eigenvalue weighted by Gasteiger charge is 2.36. The van der Waals surface area contributed by atoms with Gasteiger partial charge in [-0.15, -0.1) is 0 Å². The third-order valence-electron chi connectivity index (χ3n) is 5.35. The minimum absolute atomic E-state index is 0.136. The zero-order chi connectivity index (χ0) is 17.7. The SMILES string of the molecule is Cc1ccc2c3c(ccc2n1)NC1=C(C(=O)CCC1)[C@@H]3c1ccccn1. The van der Waals surface area contributed by atoms with Crippen LogP contribution in [0.4, 0.5) is 5.69 Å². The quantitative estimate of drug-likeness (QED) is 0.708. The van der Waals surface area contributed by atoms with Crippen LogP contribution in [-0.2, 0) is 4.79 Å². The Kier molecular flexibility index (Phi) is 3.38. The van der Waals surface area contributed by atoms with E-state index in [-0.39, 0.29) is 11.7 Å². The molecule has 0 radical (unpaired) electrons. The predicted molar refractivity (Wildman–Crippen MR) is 102 cm³/mol. The number of rotatable bonds is 1. The zero-order valence-electron chi connectivity index (χ0n) is 14.6. The third-order valence-corrected chi connectivity index (χ3v) is 5.35. The molecule has 5 rings (SSSR count). The van der Waals surface area contributed by atoms with Crippen molar-refractivity contribution < 1.29 is 4.79 Å². The van der Waals surface area contributed by atoms with Crippen molar-refractivity contribution >= 4 is 22.4 Å². The molecule has 2 aromatic heterocycles. The van der Waals surface area contributed by atoms with Crippen LogP contribution in [0.3, 0.4) is 0 Å². The molecule has 1 aliphatic carbocycles. The normalized spacial score (nSPS) is 19.1. The molecular formula is C22H19N3O. The van der Waals surface area contributed by atoms with Crippen molar-refractivity contribution in [2.24, 2.45) is 0 Å². The van der Waals surface area contributed by atoms with Gasteiger partial charge in [0, 0.05) is 40.7 Å². The fourth-order valence-corrected chi connectivity index (χ4v) is 4.23. The first-order valence-electron chi connectivity index (χ1n) is 9.07. The summed E-state index contributed by atoms with van der Waals surface area (Å²) in [6.45, 7) is 2.00. The van der Waals surface area contributed by atoms with E-state index >= 15 is 0 Å². The van der Waals surface area contributed by atoms with Crippen LogP contribution in [0.25, 0.3) is 10.9 Å². The Hall–Kier alpha value is -3.01. The standard InChI is InChI=1S/C22H19N3O/c1-13-8-9-14-15(24-13)10-11-18-20(14)22(16-5-2-3-12-23-16)21-17(25-18)6-4-7-19(21)26/h2-3,5,8-12,22,25H,4,6-7H2,1H3/t22-/m1/s1. The van der Waals surface area contributed by atoms with E-state index < -0.39 is 0 Å². The third kappa shape index (κ3) is 2.25. The fraction of sp³-hybridized carbons (Fsp3) is 0.227. The van der Waals surface area contributed by atoms with E-state index in [9.17, 15) is 4.79 Å². The minimum Gasteiger partial charge on any atom is -0.358 e. The van der Waals surface area contributed by atoms with E-state index in [0.717, 1.165) is 57.7 Å². The van der Waals surface area contributed by atoms with Crippen molar-refractivity contribution in [3.8, 4) is 0 Å². The molecule has 1 N–H and O–H groups in total. The number of benzene rings is 1. The van der Waals surface area contributed by atoms with Gasteiger partial charge in [-0.1, -0.05) is 12.1 Å². The number of aryl methyl sites for hydroxylation is 1. The molecule has 1 aliphatic heterocycles. The highest BCUT2D eigenvalue weighted by atomic mass is 16.1. The Morgan fingerprint density at radius 2 is 2.00 bits per heavy atom. The Bertz CT molecular complexity index is 1070. The second-order valence-electron chi connectivity index (χ2n) is 7.03. The summed E-state index contributed by atoms with van der Waals surface area (Å²) in [6, 6.07) is 14.2. The van der Waals surface area contributed by atoms with Crippen molar-refractivity contribution in [2.45, 2.75) is 32.1 Å². The second-order valence-corrected chi connectivity index (χ2v) is 7.03. The maximum absolute atomic E-state index is 12.9. The van der Waals surface area contributed by atoms with Gasteiger partial charge < -0.3 is 5.32 Å². The Morgan fingerprint density at radius 3 is 2.85 bits per heavy atom. The van der Waals surface area contributed by atoms with Crippen LogP contribution in [0.1, 0.15) is 42.1 Å². The lowest BCUT2D eigenvalue weighted by Crippen LogP contribution is -2.27. The molecule has 0 saturated carbocycles.